The predicted octanol–water partition coefficient (Wildman–Crippen LogP) is 0.191. The van der Waals surface area contributed by atoms with Crippen molar-refractivity contribution in [3.8, 4) is 0 Å². The molecule has 14 heavy (non-hydrogen) atoms. The van der Waals surface area contributed by atoms with Crippen LogP contribution in [-0.4, -0.2) is 35.7 Å². The van der Waals surface area contributed by atoms with Crippen LogP contribution in [0.2, 0.25) is 0 Å². The summed E-state index contributed by atoms with van der Waals surface area (Å²) in [6.45, 7) is 3.70. The number of carboxylic acids is 1. The van der Waals surface area contributed by atoms with Crippen molar-refractivity contribution in [1.82, 2.24) is 10.6 Å². The molecule has 2 aliphatic heterocycles. The maximum Gasteiger partial charge on any atom is 0.323 e. The van der Waals surface area contributed by atoms with Crippen molar-refractivity contribution in [3.63, 3.8) is 0 Å². The number of nitrogens with one attached hydrogen (secondary N) is 2. The van der Waals surface area contributed by atoms with Gasteiger partial charge in [-0.15, -0.1) is 0 Å². The molecule has 0 aromatic rings. The summed E-state index contributed by atoms with van der Waals surface area (Å²) in [6.07, 6.45) is 3.17. The van der Waals surface area contributed by atoms with Crippen LogP contribution in [0.5, 0.6) is 0 Å². The normalized spacial score (nSPS) is 42.9. The second-order valence-electron chi connectivity index (χ2n) is 4.69. The third-order valence-corrected chi connectivity index (χ3v) is 3.56. The molecule has 0 amide bonds. The second-order valence-corrected chi connectivity index (χ2v) is 4.69. The number of hydrogen-bond acceptors (Lipinski definition) is 3. The minimum atomic E-state index is -0.724. The molecule has 4 nitrogen and oxygen atoms in total. The quantitative estimate of drug-likeness (QED) is 0.593. The third kappa shape index (κ3) is 1.64. The summed E-state index contributed by atoms with van der Waals surface area (Å²) in [6, 6.07) is 0.531. The molecule has 0 radical (unpaired) electrons. The summed E-state index contributed by atoms with van der Waals surface area (Å²) < 4.78 is 0. The van der Waals surface area contributed by atoms with E-state index in [0.717, 1.165) is 19.5 Å². The van der Waals surface area contributed by atoms with Gasteiger partial charge in [-0.25, -0.2) is 0 Å². The topological polar surface area (TPSA) is 61.4 Å². The second kappa shape index (κ2) is 3.51. The Bertz CT molecular complexity index is 238. The molecule has 80 valence electrons. The molecule has 2 aliphatic rings. The fraction of sp³-hybridized carbons (Fsp3) is 0.900. The monoisotopic (exact) mass is 198 g/mol. The van der Waals surface area contributed by atoms with E-state index in [-0.39, 0.29) is 0 Å². The number of rotatable bonds is 2. The summed E-state index contributed by atoms with van der Waals surface area (Å²) in [4.78, 5) is 11.0. The Kier molecular flexibility index (Phi) is 2.49. The van der Waals surface area contributed by atoms with E-state index < -0.39 is 11.5 Å². The lowest BCUT2D eigenvalue weighted by Gasteiger charge is -2.20. The third-order valence-electron chi connectivity index (χ3n) is 3.56. The molecule has 0 spiro atoms. The molecule has 0 aromatic carbocycles. The molecule has 2 fully saturated rings. The van der Waals surface area contributed by atoms with Crippen LogP contribution in [0.3, 0.4) is 0 Å². The Hall–Kier alpha value is -0.610. The first-order chi connectivity index (χ1) is 6.62. The van der Waals surface area contributed by atoms with Crippen LogP contribution in [0.1, 0.15) is 26.2 Å². The Morgan fingerprint density at radius 1 is 1.57 bits per heavy atom. The fourth-order valence-electron chi connectivity index (χ4n) is 2.59. The lowest BCUT2D eigenvalue weighted by molar-refractivity contribution is -0.143. The van der Waals surface area contributed by atoms with Gasteiger partial charge in [-0.1, -0.05) is 0 Å². The standard InChI is InChI=1S/C10H18N2O2/c1-10(9(13)14)5-7(6-12-10)8-3-2-4-11-8/h7-8,11-12H,2-6H2,1H3,(H,13,14). The number of hydrogen-bond donors (Lipinski definition) is 3. The molecule has 3 unspecified atom stereocenters. The Morgan fingerprint density at radius 3 is 2.86 bits per heavy atom. The largest absolute Gasteiger partial charge is 0.480 e. The average Bonchev–Trinajstić information content (AvgIpc) is 2.72. The highest BCUT2D eigenvalue weighted by atomic mass is 16.4. The van der Waals surface area contributed by atoms with Gasteiger partial charge in [-0.3, -0.25) is 4.79 Å². The van der Waals surface area contributed by atoms with Gasteiger partial charge in [-0.2, -0.15) is 0 Å². The van der Waals surface area contributed by atoms with Crippen LogP contribution in [0.15, 0.2) is 0 Å². The Labute approximate surface area is 84.1 Å². The van der Waals surface area contributed by atoms with Gasteiger partial charge in [0.05, 0.1) is 0 Å². The zero-order valence-electron chi connectivity index (χ0n) is 8.55. The van der Waals surface area contributed by atoms with E-state index in [4.69, 9.17) is 5.11 Å². The molecule has 0 aliphatic carbocycles. The highest BCUT2D eigenvalue weighted by molar-refractivity contribution is 5.78. The minimum absolute atomic E-state index is 0.485. The van der Waals surface area contributed by atoms with Gasteiger partial charge < -0.3 is 15.7 Å². The van der Waals surface area contributed by atoms with Gasteiger partial charge in [0.2, 0.25) is 0 Å². The molecule has 3 N–H and O–H groups in total. The van der Waals surface area contributed by atoms with Crippen molar-refractivity contribution < 1.29 is 9.90 Å². The first-order valence-corrected chi connectivity index (χ1v) is 5.34. The highest BCUT2D eigenvalue weighted by Gasteiger charge is 2.43. The van der Waals surface area contributed by atoms with Crippen LogP contribution < -0.4 is 10.6 Å². The molecule has 2 heterocycles. The lowest BCUT2D eigenvalue weighted by atomic mass is 9.89. The van der Waals surface area contributed by atoms with Crippen LogP contribution in [0.25, 0.3) is 0 Å². The van der Waals surface area contributed by atoms with Crippen molar-refractivity contribution in [2.24, 2.45) is 5.92 Å². The summed E-state index contributed by atoms with van der Waals surface area (Å²) >= 11 is 0. The van der Waals surface area contributed by atoms with Gasteiger partial charge in [0.25, 0.3) is 0 Å². The molecule has 2 saturated heterocycles. The molecule has 2 rings (SSSR count). The number of carbonyl (C=O) groups is 1. The summed E-state index contributed by atoms with van der Waals surface area (Å²) in [5.41, 5.74) is -0.699. The van der Waals surface area contributed by atoms with E-state index in [1.807, 2.05) is 0 Å². The Morgan fingerprint density at radius 2 is 2.36 bits per heavy atom. The predicted molar refractivity (Wildman–Crippen MR) is 53.2 cm³/mol. The van der Waals surface area contributed by atoms with E-state index in [9.17, 15) is 4.79 Å². The molecule has 0 bridgehead atoms. The minimum Gasteiger partial charge on any atom is -0.480 e. The smallest absolute Gasteiger partial charge is 0.323 e. The van der Waals surface area contributed by atoms with Gasteiger partial charge in [0.1, 0.15) is 5.54 Å². The van der Waals surface area contributed by atoms with E-state index in [0.29, 0.717) is 12.0 Å². The Balaban J connectivity index is 1.96. The van der Waals surface area contributed by atoms with Crippen LogP contribution in [0, 0.1) is 5.92 Å². The number of carboxylic acid groups (broad SMARTS) is 1. The molecule has 0 aromatic heterocycles. The van der Waals surface area contributed by atoms with Crippen molar-refractivity contribution in [2.45, 2.75) is 37.8 Å². The zero-order valence-corrected chi connectivity index (χ0v) is 8.55. The van der Waals surface area contributed by atoms with E-state index in [1.165, 1.54) is 12.8 Å². The number of aliphatic carboxylic acids is 1. The maximum atomic E-state index is 11.0. The van der Waals surface area contributed by atoms with Crippen LogP contribution in [-0.2, 0) is 4.79 Å². The van der Waals surface area contributed by atoms with Crippen molar-refractivity contribution in [1.29, 1.82) is 0 Å². The highest BCUT2D eigenvalue weighted by Crippen LogP contribution is 2.29. The van der Waals surface area contributed by atoms with Gasteiger partial charge in [0.15, 0.2) is 0 Å². The van der Waals surface area contributed by atoms with Gasteiger partial charge in [0, 0.05) is 12.6 Å². The summed E-state index contributed by atoms with van der Waals surface area (Å²) in [5.74, 6) is -0.239. The SMILES string of the molecule is CC1(C(=O)O)CC(C2CCCN2)CN1. The van der Waals surface area contributed by atoms with Crippen molar-refractivity contribution in [3.05, 3.63) is 0 Å². The summed E-state index contributed by atoms with van der Waals surface area (Å²) in [7, 11) is 0. The van der Waals surface area contributed by atoms with Crippen LogP contribution >= 0.6 is 0 Å². The van der Waals surface area contributed by atoms with Crippen molar-refractivity contribution in [2.75, 3.05) is 13.1 Å². The van der Waals surface area contributed by atoms with E-state index >= 15 is 0 Å². The van der Waals surface area contributed by atoms with Crippen LogP contribution in [0.4, 0.5) is 0 Å². The average molecular weight is 198 g/mol. The summed E-state index contributed by atoms with van der Waals surface area (Å²) in [5, 5.41) is 15.6. The zero-order chi connectivity index (χ0) is 10.2. The molecular formula is C10H18N2O2. The molecule has 0 saturated carbocycles. The molecular weight excluding hydrogens is 180 g/mol. The molecule has 3 atom stereocenters. The first kappa shape index (κ1) is 9.93. The van der Waals surface area contributed by atoms with E-state index in [2.05, 4.69) is 10.6 Å². The fourth-order valence-corrected chi connectivity index (χ4v) is 2.59. The molecule has 4 heteroatoms. The van der Waals surface area contributed by atoms with E-state index in [1.54, 1.807) is 6.92 Å². The van der Waals surface area contributed by atoms with Gasteiger partial charge >= 0.3 is 5.97 Å². The lowest BCUT2D eigenvalue weighted by Crippen LogP contribution is -2.44. The van der Waals surface area contributed by atoms with Crippen molar-refractivity contribution >= 4 is 5.97 Å². The van der Waals surface area contributed by atoms with Gasteiger partial charge in [-0.05, 0) is 38.6 Å². The first-order valence-electron chi connectivity index (χ1n) is 5.34. The maximum absolute atomic E-state index is 11.0.